The van der Waals surface area contributed by atoms with Crippen molar-refractivity contribution in [1.82, 2.24) is 4.90 Å². The van der Waals surface area contributed by atoms with Crippen LogP contribution >= 0.6 is 11.6 Å². The van der Waals surface area contributed by atoms with E-state index in [9.17, 15) is 4.79 Å². The molecule has 0 aromatic heterocycles. The number of carbonyl (C=O) groups excluding carboxylic acids is 1. The molecule has 0 heterocycles. The standard InChI is InChI=1S/C22H32ClNO2/c1-16-15-18(23)13-14-21(16)26-17(2)22(25)24(19-9-5-3-6-10-19)20-11-7-4-8-12-20/h13-15,17,19-20H,3-12H2,1-2H3. The molecule has 26 heavy (non-hydrogen) atoms. The lowest BCUT2D eigenvalue weighted by Crippen LogP contribution is -2.52. The average molecular weight is 378 g/mol. The highest BCUT2D eigenvalue weighted by Gasteiger charge is 2.35. The van der Waals surface area contributed by atoms with E-state index in [1.165, 1.54) is 38.5 Å². The van der Waals surface area contributed by atoms with Gasteiger partial charge in [0.15, 0.2) is 6.10 Å². The Morgan fingerprint density at radius 3 is 2.08 bits per heavy atom. The third kappa shape index (κ3) is 4.73. The van der Waals surface area contributed by atoms with Crippen LogP contribution < -0.4 is 4.74 Å². The zero-order chi connectivity index (χ0) is 18.5. The Bertz CT molecular complexity index is 588. The van der Waals surface area contributed by atoms with Gasteiger partial charge in [-0.15, -0.1) is 0 Å². The Balaban J connectivity index is 1.74. The minimum atomic E-state index is -0.460. The highest BCUT2D eigenvalue weighted by atomic mass is 35.5. The minimum Gasteiger partial charge on any atom is -0.481 e. The topological polar surface area (TPSA) is 29.5 Å². The summed E-state index contributed by atoms with van der Waals surface area (Å²) in [5.41, 5.74) is 0.971. The van der Waals surface area contributed by atoms with Crippen LogP contribution in [0.15, 0.2) is 18.2 Å². The molecule has 0 saturated heterocycles. The number of hydrogen-bond acceptors (Lipinski definition) is 2. The van der Waals surface area contributed by atoms with Gasteiger partial charge in [0.05, 0.1) is 0 Å². The molecule has 0 spiro atoms. The molecule has 2 aliphatic rings. The van der Waals surface area contributed by atoms with E-state index in [0.717, 1.165) is 37.0 Å². The van der Waals surface area contributed by atoms with E-state index in [1.54, 1.807) is 0 Å². The van der Waals surface area contributed by atoms with Crippen molar-refractivity contribution in [2.45, 2.75) is 96.2 Å². The lowest BCUT2D eigenvalue weighted by molar-refractivity contribution is -0.145. The summed E-state index contributed by atoms with van der Waals surface area (Å²) < 4.78 is 6.07. The second kappa shape index (κ2) is 9.12. The fourth-order valence-electron chi connectivity index (χ4n) is 4.57. The molecule has 1 amide bonds. The number of rotatable bonds is 5. The number of amides is 1. The van der Waals surface area contributed by atoms with Crippen molar-refractivity contribution in [1.29, 1.82) is 0 Å². The van der Waals surface area contributed by atoms with Crippen molar-refractivity contribution in [3.8, 4) is 5.75 Å². The van der Waals surface area contributed by atoms with Gasteiger partial charge < -0.3 is 9.64 Å². The lowest BCUT2D eigenvalue weighted by atomic mass is 9.88. The van der Waals surface area contributed by atoms with E-state index in [2.05, 4.69) is 4.90 Å². The van der Waals surface area contributed by atoms with Crippen molar-refractivity contribution in [2.24, 2.45) is 0 Å². The molecule has 0 N–H and O–H groups in total. The second-order valence-corrected chi connectivity index (χ2v) is 8.44. The molecular weight excluding hydrogens is 346 g/mol. The normalized spacial score (nSPS) is 20.6. The van der Waals surface area contributed by atoms with Gasteiger partial charge >= 0.3 is 0 Å². The molecule has 3 rings (SSSR count). The first kappa shape index (κ1) is 19.5. The molecule has 4 heteroatoms. The van der Waals surface area contributed by atoms with Crippen LogP contribution in [0.3, 0.4) is 0 Å². The lowest BCUT2D eigenvalue weighted by Gasteiger charge is -2.42. The predicted molar refractivity (Wildman–Crippen MR) is 107 cm³/mol. The minimum absolute atomic E-state index is 0.165. The molecule has 0 radical (unpaired) electrons. The van der Waals surface area contributed by atoms with E-state index in [1.807, 2.05) is 32.0 Å². The maximum Gasteiger partial charge on any atom is 0.263 e. The molecule has 0 bridgehead atoms. The summed E-state index contributed by atoms with van der Waals surface area (Å²) in [6.45, 7) is 3.87. The smallest absolute Gasteiger partial charge is 0.263 e. The van der Waals surface area contributed by atoms with Gasteiger partial charge in [-0.3, -0.25) is 4.79 Å². The Morgan fingerprint density at radius 2 is 1.58 bits per heavy atom. The zero-order valence-corrected chi connectivity index (χ0v) is 16.9. The van der Waals surface area contributed by atoms with Crippen LogP contribution in [0, 0.1) is 6.92 Å². The van der Waals surface area contributed by atoms with E-state index >= 15 is 0 Å². The van der Waals surface area contributed by atoms with Crippen molar-refractivity contribution >= 4 is 17.5 Å². The van der Waals surface area contributed by atoms with Gasteiger partial charge in [-0.2, -0.15) is 0 Å². The molecule has 3 nitrogen and oxygen atoms in total. The number of halogens is 1. The molecular formula is C22H32ClNO2. The molecule has 2 saturated carbocycles. The number of carbonyl (C=O) groups is 1. The maximum absolute atomic E-state index is 13.4. The van der Waals surface area contributed by atoms with E-state index in [4.69, 9.17) is 16.3 Å². The van der Waals surface area contributed by atoms with Crippen molar-refractivity contribution in [3.05, 3.63) is 28.8 Å². The summed E-state index contributed by atoms with van der Waals surface area (Å²) >= 11 is 6.04. The van der Waals surface area contributed by atoms with E-state index < -0.39 is 6.10 Å². The fraction of sp³-hybridized carbons (Fsp3) is 0.682. The van der Waals surface area contributed by atoms with Gasteiger partial charge in [0, 0.05) is 17.1 Å². The maximum atomic E-state index is 13.4. The van der Waals surface area contributed by atoms with Crippen molar-refractivity contribution in [2.75, 3.05) is 0 Å². The molecule has 1 aromatic rings. The number of hydrogen-bond donors (Lipinski definition) is 0. The van der Waals surface area contributed by atoms with Gasteiger partial charge in [-0.1, -0.05) is 50.1 Å². The van der Waals surface area contributed by atoms with Crippen LogP contribution in [0.25, 0.3) is 0 Å². The summed E-state index contributed by atoms with van der Waals surface area (Å²) in [6.07, 6.45) is 11.7. The predicted octanol–water partition coefficient (Wildman–Crippen LogP) is 5.91. The first-order chi connectivity index (χ1) is 12.6. The average Bonchev–Trinajstić information content (AvgIpc) is 2.66. The Kier molecular flexibility index (Phi) is 6.86. The number of ether oxygens (including phenoxy) is 1. The Hall–Kier alpha value is -1.22. The Morgan fingerprint density at radius 1 is 1.04 bits per heavy atom. The van der Waals surface area contributed by atoms with Crippen LogP contribution in [-0.4, -0.2) is 29.0 Å². The third-order valence-electron chi connectivity index (χ3n) is 5.98. The molecule has 2 fully saturated rings. The summed E-state index contributed by atoms with van der Waals surface area (Å²) in [7, 11) is 0. The Labute approximate surface area is 163 Å². The van der Waals surface area contributed by atoms with Gasteiger partial charge in [-0.05, 0) is 63.3 Å². The molecule has 1 aromatic carbocycles. The van der Waals surface area contributed by atoms with Crippen LogP contribution in [0.1, 0.15) is 76.7 Å². The van der Waals surface area contributed by atoms with Crippen LogP contribution in [-0.2, 0) is 4.79 Å². The summed E-state index contributed by atoms with van der Waals surface area (Å²) in [6, 6.07) is 6.37. The molecule has 1 atom stereocenters. The van der Waals surface area contributed by atoms with Crippen molar-refractivity contribution < 1.29 is 9.53 Å². The van der Waals surface area contributed by atoms with Gasteiger partial charge in [-0.25, -0.2) is 0 Å². The monoisotopic (exact) mass is 377 g/mol. The van der Waals surface area contributed by atoms with Gasteiger partial charge in [0.1, 0.15) is 5.75 Å². The van der Waals surface area contributed by atoms with Crippen LogP contribution in [0.5, 0.6) is 5.75 Å². The summed E-state index contributed by atoms with van der Waals surface area (Å²) in [5, 5.41) is 0.694. The summed E-state index contributed by atoms with van der Waals surface area (Å²) in [4.78, 5) is 15.6. The summed E-state index contributed by atoms with van der Waals surface area (Å²) in [5.74, 6) is 0.917. The largest absolute Gasteiger partial charge is 0.481 e. The number of aryl methyl sites for hydroxylation is 1. The van der Waals surface area contributed by atoms with Crippen LogP contribution in [0.4, 0.5) is 0 Å². The molecule has 144 valence electrons. The second-order valence-electron chi connectivity index (χ2n) is 8.00. The van der Waals surface area contributed by atoms with Gasteiger partial charge in [0.2, 0.25) is 0 Å². The number of nitrogens with zero attached hydrogens (tertiary/aromatic N) is 1. The quantitative estimate of drug-likeness (QED) is 0.638. The third-order valence-corrected chi connectivity index (χ3v) is 6.21. The van der Waals surface area contributed by atoms with Crippen molar-refractivity contribution in [3.63, 3.8) is 0 Å². The SMILES string of the molecule is Cc1cc(Cl)ccc1OC(C)C(=O)N(C1CCCCC1)C1CCCCC1. The highest BCUT2D eigenvalue weighted by molar-refractivity contribution is 6.30. The van der Waals surface area contributed by atoms with Crippen LogP contribution in [0.2, 0.25) is 5.02 Å². The van der Waals surface area contributed by atoms with E-state index in [0.29, 0.717) is 17.1 Å². The van der Waals surface area contributed by atoms with E-state index in [-0.39, 0.29) is 5.91 Å². The fourth-order valence-corrected chi connectivity index (χ4v) is 4.80. The number of benzene rings is 1. The molecule has 2 aliphatic carbocycles. The van der Waals surface area contributed by atoms with Gasteiger partial charge in [0.25, 0.3) is 5.91 Å². The first-order valence-corrected chi connectivity index (χ1v) is 10.7. The highest BCUT2D eigenvalue weighted by Crippen LogP contribution is 2.31. The molecule has 0 aliphatic heterocycles. The first-order valence-electron chi connectivity index (χ1n) is 10.3. The zero-order valence-electron chi connectivity index (χ0n) is 16.2. The molecule has 1 unspecified atom stereocenters.